The zero-order valence-electron chi connectivity index (χ0n) is 14.6. The zero-order chi connectivity index (χ0) is 19.9. The van der Waals surface area contributed by atoms with Gasteiger partial charge in [0.05, 0.1) is 4.90 Å². The molecule has 0 aromatic heterocycles. The number of hydroxylamine groups is 1. The van der Waals surface area contributed by atoms with Gasteiger partial charge in [-0.2, -0.15) is 4.72 Å². The van der Waals surface area contributed by atoms with Gasteiger partial charge in [0.2, 0.25) is 10.0 Å². The van der Waals surface area contributed by atoms with Gasteiger partial charge in [0.1, 0.15) is 6.04 Å². The van der Waals surface area contributed by atoms with Crippen LogP contribution < -0.4 is 15.9 Å². The van der Waals surface area contributed by atoms with Crippen LogP contribution in [0.1, 0.15) is 19.3 Å². The molecule has 0 heterocycles. The maximum Gasteiger partial charge on any atom is 0.261 e. The Labute approximate surface area is 163 Å². The molecule has 0 spiro atoms. The predicted molar refractivity (Wildman–Crippen MR) is 104 cm³/mol. The van der Waals surface area contributed by atoms with Crippen molar-refractivity contribution in [3.8, 4) is 11.1 Å². The summed E-state index contributed by atoms with van der Waals surface area (Å²) in [5, 5.41) is 9.46. The van der Waals surface area contributed by atoms with Gasteiger partial charge in [-0.3, -0.25) is 10.0 Å². The van der Waals surface area contributed by atoms with Crippen molar-refractivity contribution in [2.24, 2.45) is 5.73 Å². The number of hydrogen-bond acceptors (Lipinski definition) is 5. The van der Waals surface area contributed by atoms with Gasteiger partial charge in [0, 0.05) is 5.02 Å². The highest BCUT2D eigenvalue weighted by molar-refractivity contribution is 7.89. The third kappa shape index (κ3) is 6.02. The molecule has 0 aliphatic heterocycles. The molecule has 0 radical (unpaired) electrons. The van der Waals surface area contributed by atoms with Crippen LogP contribution in [0.5, 0.6) is 0 Å². The van der Waals surface area contributed by atoms with Gasteiger partial charge >= 0.3 is 0 Å². The summed E-state index contributed by atoms with van der Waals surface area (Å²) in [5.41, 5.74) is 8.64. The molecular weight excluding hydrogens is 390 g/mol. The first-order chi connectivity index (χ1) is 12.9. The highest BCUT2D eigenvalue weighted by Gasteiger charge is 2.25. The van der Waals surface area contributed by atoms with Crippen LogP contribution in [-0.2, 0) is 14.8 Å². The Bertz CT molecular complexity index is 855. The van der Waals surface area contributed by atoms with Crippen molar-refractivity contribution in [1.82, 2.24) is 10.2 Å². The minimum Gasteiger partial charge on any atom is -0.330 e. The normalized spacial score (nSPS) is 12.6. The van der Waals surface area contributed by atoms with Crippen LogP contribution in [0, 0.1) is 0 Å². The number of amides is 1. The van der Waals surface area contributed by atoms with Crippen molar-refractivity contribution >= 4 is 27.5 Å². The van der Waals surface area contributed by atoms with Crippen LogP contribution in [0.4, 0.5) is 0 Å². The van der Waals surface area contributed by atoms with E-state index in [0.717, 1.165) is 11.1 Å². The van der Waals surface area contributed by atoms with Gasteiger partial charge < -0.3 is 5.73 Å². The fraction of sp³-hybridized carbons (Fsp3) is 0.278. The van der Waals surface area contributed by atoms with Crippen molar-refractivity contribution in [2.75, 3.05) is 6.54 Å². The monoisotopic (exact) mass is 411 g/mol. The summed E-state index contributed by atoms with van der Waals surface area (Å²) in [6.45, 7) is 0.437. The van der Waals surface area contributed by atoms with Crippen LogP contribution in [0.2, 0.25) is 5.02 Å². The van der Waals surface area contributed by atoms with Gasteiger partial charge in [-0.05, 0) is 54.8 Å². The first kappa shape index (κ1) is 21.3. The molecular formula is C18H22ClN3O4S. The molecule has 2 rings (SSSR count). The molecule has 0 saturated carbocycles. The Kier molecular flexibility index (Phi) is 7.76. The van der Waals surface area contributed by atoms with E-state index in [4.69, 9.17) is 22.5 Å². The molecule has 2 aromatic carbocycles. The van der Waals surface area contributed by atoms with E-state index < -0.39 is 22.0 Å². The molecule has 0 fully saturated rings. The second-order valence-corrected chi connectivity index (χ2v) is 8.12. The van der Waals surface area contributed by atoms with E-state index in [2.05, 4.69) is 4.72 Å². The third-order valence-electron chi connectivity index (χ3n) is 4.01. The van der Waals surface area contributed by atoms with Gasteiger partial charge in [0.25, 0.3) is 5.91 Å². The molecule has 5 N–H and O–H groups in total. The van der Waals surface area contributed by atoms with E-state index in [9.17, 15) is 13.2 Å². The first-order valence-electron chi connectivity index (χ1n) is 8.39. The number of nitrogens with two attached hydrogens (primary N) is 1. The van der Waals surface area contributed by atoms with E-state index in [0.29, 0.717) is 24.4 Å². The number of halogens is 1. The largest absolute Gasteiger partial charge is 0.330 e. The van der Waals surface area contributed by atoms with Crippen molar-refractivity contribution in [2.45, 2.75) is 30.2 Å². The molecule has 1 unspecified atom stereocenters. The quantitative estimate of drug-likeness (QED) is 0.286. The average molecular weight is 412 g/mol. The lowest BCUT2D eigenvalue weighted by Gasteiger charge is -2.17. The number of carbonyl (C=O) groups is 1. The molecule has 1 amide bonds. The Balaban J connectivity index is 2.16. The van der Waals surface area contributed by atoms with Crippen LogP contribution in [0.25, 0.3) is 11.1 Å². The summed E-state index contributed by atoms with van der Waals surface area (Å²) in [4.78, 5) is 11.8. The molecule has 0 aliphatic rings. The summed E-state index contributed by atoms with van der Waals surface area (Å²) < 4.78 is 27.5. The molecule has 2 aromatic rings. The Morgan fingerprint density at radius 2 is 1.59 bits per heavy atom. The summed E-state index contributed by atoms with van der Waals surface area (Å²) >= 11 is 5.87. The van der Waals surface area contributed by atoms with E-state index in [1.165, 1.54) is 17.6 Å². The number of unbranched alkanes of at least 4 members (excludes halogenated alkanes) is 1. The van der Waals surface area contributed by atoms with Crippen molar-refractivity contribution in [1.29, 1.82) is 0 Å². The van der Waals surface area contributed by atoms with Crippen LogP contribution in [0.15, 0.2) is 53.4 Å². The molecule has 9 heteroatoms. The highest BCUT2D eigenvalue weighted by Crippen LogP contribution is 2.23. The fourth-order valence-electron chi connectivity index (χ4n) is 2.54. The van der Waals surface area contributed by atoms with Crippen molar-refractivity contribution < 1.29 is 18.4 Å². The number of nitrogens with one attached hydrogen (secondary N) is 2. The van der Waals surface area contributed by atoms with Crippen LogP contribution in [-0.4, -0.2) is 32.1 Å². The van der Waals surface area contributed by atoms with Gasteiger partial charge in [0.15, 0.2) is 0 Å². The van der Waals surface area contributed by atoms with Gasteiger partial charge in [-0.25, -0.2) is 13.9 Å². The molecule has 0 aliphatic carbocycles. The van der Waals surface area contributed by atoms with E-state index in [1.807, 2.05) is 12.1 Å². The minimum atomic E-state index is -3.93. The van der Waals surface area contributed by atoms with Gasteiger partial charge in [-0.1, -0.05) is 42.3 Å². The number of sulfonamides is 1. The molecule has 146 valence electrons. The predicted octanol–water partition coefficient (Wildman–Crippen LogP) is 2.29. The Hall–Kier alpha value is -1.97. The lowest BCUT2D eigenvalue weighted by molar-refractivity contribution is -0.131. The number of carbonyl (C=O) groups excluding carboxylic acids is 1. The zero-order valence-corrected chi connectivity index (χ0v) is 16.1. The van der Waals surface area contributed by atoms with Crippen LogP contribution >= 0.6 is 11.6 Å². The lowest BCUT2D eigenvalue weighted by atomic mass is 10.1. The SMILES string of the molecule is NCCCCC(NS(=O)(=O)c1ccc(-c2ccc(Cl)cc2)cc1)C(=O)NO. The standard InChI is InChI=1S/C18H22ClN3O4S/c19-15-8-4-13(5-9-15)14-6-10-16(11-7-14)27(25,26)22-17(18(23)21-24)3-1-2-12-20/h4-11,17,22,24H,1-3,12,20H2,(H,21,23). The van der Waals surface area contributed by atoms with E-state index >= 15 is 0 Å². The van der Waals surface area contributed by atoms with Crippen LogP contribution in [0.3, 0.4) is 0 Å². The van der Waals surface area contributed by atoms with Crippen molar-refractivity contribution in [3.63, 3.8) is 0 Å². The lowest BCUT2D eigenvalue weighted by Crippen LogP contribution is -2.45. The minimum absolute atomic E-state index is 0.0229. The number of benzene rings is 2. The summed E-state index contributed by atoms with van der Waals surface area (Å²) in [5.74, 6) is -0.812. The molecule has 27 heavy (non-hydrogen) atoms. The third-order valence-corrected chi connectivity index (χ3v) is 5.75. The highest BCUT2D eigenvalue weighted by atomic mass is 35.5. The smallest absolute Gasteiger partial charge is 0.261 e. The van der Waals surface area contributed by atoms with Gasteiger partial charge in [-0.15, -0.1) is 0 Å². The number of hydrogen-bond donors (Lipinski definition) is 4. The number of rotatable bonds is 9. The maximum absolute atomic E-state index is 12.6. The topological polar surface area (TPSA) is 122 Å². The molecule has 7 nitrogen and oxygen atoms in total. The summed E-state index contributed by atoms with van der Waals surface area (Å²) in [6.07, 6.45) is 1.42. The molecule has 0 saturated heterocycles. The van der Waals surface area contributed by atoms with Crippen molar-refractivity contribution in [3.05, 3.63) is 53.6 Å². The summed E-state index contributed by atoms with van der Waals surface area (Å²) in [6, 6.07) is 12.4. The second-order valence-electron chi connectivity index (χ2n) is 5.97. The van der Waals surface area contributed by atoms with E-state index in [1.54, 1.807) is 24.3 Å². The Morgan fingerprint density at radius 3 is 2.11 bits per heavy atom. The fourth-order valence-corrected chi connectivity index (χ4v) is 3.89. The maximum atomic E-state index is 12.6. The summed E-state index contributed by atoms with van der Waals surface area (Å²) in [7, 11) is -3.93. The Morgan fingerprint density at radius 1 is 1.04 bits per heavy atom. The first-order valence-corrected chi connectivity index (χ1v) is 10.3. The average Bonchev–Trinajstić information content (AvgIpc) is 2.67. The molecule has 0 bridgehead atoms. The molecule has 1 atom stereocenters. The van der Waals surface area contributed by atoms with E-state index in [-0.39, 0.29) is 11.3 Å². The second kappa shape index (κ2) is 9.82.